The second-order valence-electron chi connectivity index (χ2n) is 5.53. The van der Waals surface area contributed by atoms with Crippen molar-refractivity contribution in [3.05, 3.63) is 29.7 Å². The van der Waals surface area contributed by atoms with Gasteiger partial charge in [0.25, 0.3) is 0 Å². The van der Waals surface area contributed by atoms with E-state index >= 15 is 0 Å². The van der Waals surface area contributed by atoms with Gasteiger partial charge in [0.05, 0.1) is 18.8 Å². The Hall–Kier alpha value is -1.69. The van der Waals surface area contributed by atoms with Crippen molar-refractivity contribution in [2.24, 2.45) is 0 Å². The summed E-state index contributed by atoms with van der Waals surface area (Å²) in [5, 5.41) is 12.5. The standard InChI is InChI=1S/C13H19N5O/c1-9(2)13-16-15-12(19-13)8-17-6-11(7-17)18-5-10(3)4-14-18/h4-5,9,11H,6-8H2,1-3H3. The minimum atomic E-state index is 0.289. The van der Waals surface area contributed by atoms with Crippen molar-refractivity contribution in [3.63, 3.8) is 0 Å². The summed E-state index contributed by atoms with van der Waals surface area (Å²) in [6.07, 6.45) is 3.99. The van der Waals surface area contributed by atoms with Crippen molar-refractivity contribution in [3.8, 4) is 0 Å². The summed E-state index contributed by atoms with van der Waals surface area (Å²) in [5.74, 6) is 1.71. The van der Waals surface area contributed by atoms with Crippen LogP contribution in [0.25, 0.3) is 0 Å². The molecular weight excluding hydrogens is 242 g/mol. The van der Waals surface area contributed by atoms with Gasteiger partial charge >= 0.3 is 0 Å². The maximum absolute atomic E-state index is 5.61. The van der Waals surface area contributed by atoms with Gasteiger partial charge in [0.15, 0.2) is 0 Å². The number of rotatable bonds is 4. The lowest BCUT2D eigenvalue weighted by Gasteiger charge is -2.38. The Kier molecular flexibility index (Phi) is 3.10. The van der Waals surface area contributed by atoms with Gasteiger partial charge in [-0.1, -0.05) is 13.8 Å². The van der Waals surface area contributed by atoms with E-state index in [4.69, 9.17) is 4.42 Å². The van der Waals surface area contributed by atoms with Crippen molar-refractivity contribution < 1.29 is 4.42 Å². The number of aryl methyl sites for hydroxylation is 1. The molecular formula is C13H19N5O. The largest absolute Gasteiger partial charge is 0.424 e. The molecule has 0 aromatic carbocycles. The van der Waals surface area contributed by atoms with Crippen LogP contribution in [-0.4, -0.2) is 38.0 Å². The molecule has 0 radical (unpaired) electrons. The summed E-state index contributed by atoms with van der Waals surface area (Å²) < 4.78 is 7.65. The van der Waals surface area contributed by atoms with Gasteiger partial charge < -0.3 is 4.42 Å². The molecule has 0 unspecified atom stereocenters. The summed E-state index contributed by atoms with van der Waals surface area (Å²) in [6, 6.07) is 0.473. The molecule has 6 heteroatoms. The van der Waals surface area contributed by atoms with E-state index in [1.807, 2.05) is 10.9 Å². The van der Waals surface area contributed by atoms with Gasteiger partial charge in [0.2, 0.25) is 11.8 Å². The summed E-state index contributed by atoms with van der Waals surface area (Å²) >= 11 is 0. The zero-order valence-corrected chi connectivity index (χ0v) is 11.6. The van der Waals surface area contributed by atoms with Gasteiger partial charge in [-0.25, -0.2) is 0 Å². The van der Waals surface area contributed by atoms with Crippen LogP contribution in [0.4, 0.5) is 0 Å². The van der Waals surface area contributed by atoms with Crippen molar-refractivity contribution >= 4 is 0 Å². The quantitative estimate of drug-likeness (QED) is 0.839. The molecule has 0 N–H and O–H groups in total. The van der Waals surface area contributed by atoms with Crippen LogP contribution in [0.1, 0.15) is 43.2 Å². The van der Waals surface area contributed by atoms with Crippen LogP contribution >= 0.6 is 0 Å². The lowest BCUT2D eigenvalue weighted by Crippen LogP contribution is -2.47. The number of nitrogens with zero attached hydrogens (tertiary/aromatic N) is 5. The fourth-order valence-corrected chi connectivity index (χ4v) is 2.23. The molecule has 0 saturated carbocycles. The molecule has 1 aliphatic rings. The van der Waals surface area contributed by atoms with Crippen molar-refractivity contribution in [1.82, 2.24) is 24.9 Å². The molecule has 3 heterocycles. The normalized spacial score (nSPS) is 17.1. The molecule has 6 nitrogen and oxygen atoms in total. The molecule has 0 aliphatic carbocycles. The van der Waals surface area contributed by atoms with Crippen LogP contribution in [0.3, 0.4) is 0 Å². The zero-order valence-electron chi connectivity index (χ0n) is 11.6. The maximum atomic E-state index is 5.61. The molecule has 0 bridgehead atoms. The first-order valence-electron chi connectivity index (χ1n) is 6.67. The predicted molar refractivity (Wildman–Crippen MR) is 69.7 cm³/mol. The van der Waals surface area contributed by atoms with Crippen molar-refractivity contribution in [2.75, 3.05) is 13.1 Å². The van der Waals surface area contributed by atoms with E-state index in [1.54, 1.807) is 0 Å². The summed E-state index contributed by atoms with van der Waals surface area (Å²) in [6.45, 7) is 8.87. The molecule has 3 rings (SSSR count). The molecule has 102 valence electrons. The van der Waals surface area contributed by atoms with E-state index in [2.05, 4.69) is 47.2 Å². The van der Waals surface area contributed by atoms with Crippen LogP contribution in [0.15, 0.2) is 16.8 Å². The minimum absolute atomic E-state index is 0.289. The first-order valence-corrected chi connectivity index (χ1v) is 6.67. The Balaban J connectivity index is 1.53. The molecule has 1 saturated heterocycles. The molecule has 2 aromatic rings. The fraction of sp³-hybridized carbons (Fsp3) is 0.615. The smallest absolute Gasteiger partial charge is 0.230 e. The lowest BCUT2D eigenvalue weighted by molar-refractivity contribution is 0.0809. The summed E-state index contributed by atoms with van der Waals surface area (Å²) in [7, 11) is 0. The Bertz CT molecular complexity index is 553. The maximum Gasteiger partial charge on any atom is 0.230 e. The number of aromatic nitrogens is 4. The molecule has 0 atom stereocenters. The fourth-order valence-electron chi connectivity index (χ4n) is 2.23. The first-order chi connectivity index (χ1) is 9.11. The van der Waals surface area contributed by atoms with Gasteiger partial charge in [-0.05, 0) is 12.5 Å². The average Bonchev–Trinajstić information content (AvgIpc) is 2.91. The van der Waals surface area contributed by atoms with Crippen molar-refractivity contribution in [2.45, 2.75) is 39.3 Å². The number of hydrogen-bond acceptors (Lipinski definition) is 5. The highest BCUT2D eigenvalue weighted by Crippen LogP contribution is 2.23. The monoisotopic (exact) mass is 261 g/mol. The third kappa shape index (κ3) is 2.53. The third-order valence-electron chi connectivity index (χ3n) is 3.38. The lowest BCUT2D eigenvalue weighted by atomic mass is 10.1. The molecule has 0 amide bonds. The Morgan fingerprint density at radius 3 is 2.74 bits per heavy atom. The first kappa shape index (κ1) is 12.3. The third-order valence-corrected chi connectivity index (χ3v) is 3.38. The summed E-state index contributed by atoms with van der Waals surface area (Å²) in [4.78, 5) is 2.29. The molecule has 19 heavy (non-hydrogen) atoms. The second kappa shape index (κ2) is 4.77. The molecule has 2 aromatic heterocycles. The van der Waals surface area contributed by atoms with Gasteiger partial charge in [0.1, 0.15) is 0 Å². The molecule has 0 spiro atoms. The SMILES string of the molecule is Cc1cnn(C2CN(Cc3nnc(C(C)C)o3)C2)c1. The Morgan fingerprint density at radius 1 is 1.37 bits per heavy atom. The molecule has 1 fully saturated rings. The highest BCUT2D eigenvalue weighted by atomic mass is 16.4. The van der Waals surface area contributed by atoms with Gasteiger partial charge in [-0.15, -0.1) is 10.2 Å². The Labute approximate surface area is 112 Å². The van der Waals surface area contributed by atoms with Crippen molar-refractivity contribution in [1.29, 1.82) is 0 Å². The topological polar surface area (TPSA) is 60.0 Å². The van der Waals surface area contributed by atoms with Crippen LogP contribution < -0.4 is 0 Å². The zero-order chi connectivity index (χ0) is 13.4. The predicted octanol–water partition coefficient (Wildman–Crippen LogP) is 1.75. The van der Waals surface area contributed by atoms with E-state index in [9.17, 15) is 0 Å². The van der Waals surface area contributed by atoms with Crippen LogP contribution in [0.2, 0.25) is 0 Å². The second-order valence-corrected chi connectivity index (χ2v) is 5.53. The van der Waals surface area contributed by atoms with E-state index in [0.717, 1.165) is 25.5 Å². The number of likely N-dealkylation sites (tertiary alicyclic amines) is 1. The minimum Gasteiger partial charge on any atom is -0.424 e. The average molecular weight is 261 g/mol. The van der Waals surface area contributed by atoms with E-state index < -0.39 is 0 Å². The van der Waals surface area contributed by atoms with Crippen LogP contribution in [-0.2, 0) is 6.54 Å². The highest BCUT2D eigenvalue weighted by Gasteiger charge is 2.29. The molecule has 1 aliphatic heterocycles. The summed E-state index contributed by atoms with van der Waals surface area (Å²) in [5.41, 5.74) is 1.21. The van der Waals surface area contributed by atoms with E-state index in [0.29, 0.717) is 11.9 Å². The van der Waals surface area contributed by atoms with E-state index in [1.165, 1.54) is 5.56 Å². The van der Waals surface area contributed by atoms with Gasteiger partial charge in [0, 0.05) is 25.2 Å². The highest BCUT2D eigenvalue weighted by molar-refractivity contribution is 5.02. The van der Waals surface area contributed by atoms with Gasteiger partial charge in [-0.2, -0.15) is 5.10 Å². The Morgan fingerprint density at radius 2 is 2.16 bits per heavy atom. The van der Waals surface area contributed by atoms with Crippen LogP contribution in [0, 0.1) is 6.92 Å². The van der Waals surface area contributed by atoms with E-state index in [-0.39, 0.29) is 5.92 Å². The number of hydrogen-bond donors (Lipinski definition) is 0. The van der Waals surface area contributed by atoms with Crippen LogP contribution in [0.5, 0.6) is 0 Å². The van der Waals surface area contributed by atoms with Gasteiger partial charge in [-0.3, -0.25) is 9.58 Å².